The summed E-state index contributed by atoms with van der Waals surface area (Å²) in [5, 5.41) is 13.3. The van der Waals surface area contributed by atoms with Gasteiger partial charge in [0.1, 0.15) is 17.7 Å². The Morgan fingerprint density at radius 2 is 2.33 bits per heavy atom. The van der Waals surface area contributed by atoms with Crippen molar-refractivity contribution in [2.24, 2.45) is 0 Å². The molecular formula is C15H10F2N4. The van der Waals surface area contributed by atoms with E-state index in [9.17, 15) is 8.78 Å². The van der Waals surface area contributed by atoms with Crippen LogP contribution in [0, 0.1) is 29.5 Å². The van der Waals surface area contributed by atoms with E-state index < -0.39 is 11.6 Å². The molecule has 0 aromatic carbocycles. The van der Waals surface area contributed by atoms with E-state index in [2.05, 4.69) is 16.0 Å². The molecule has 2 aromatic heterocycles. The molecule has 4 nitrogen and oxygen atoms in total. The molecule has 0 aliphatic heterocycles. The summed E-state index contributed by atoms with van der Waals surface area (Å²) in [5.74, 6) is 0.972. The van der Waals surface area contributed by atoms with Crippen LogP contribution in [0.4, 0.5) is 8.78 Å². The maximum Gasteiger partial charge on any atom is 0.172 e. The maximum atomic E-state index is 13.8. The summed E-state index contributed by atoms with van der Waals surface area (Å²) < 4.78 is 28.3. The predicted molar refractivity (Wildman–Crippen MR) is 74.0 cm³/mol. The second kappa shape index (κ2) is 5.98. The van der Waals surface area contributed by atoms with Gasteiger partial charge in [-0.25, -0.2) is 18.4 Å². The molecule has 0 atom stereocenters. The number of fused-ring (bicyclic) bond motifs is 1. The monoisotopic (exact) mass is 284 g/mol. The van der Waals surface area contributed by atoms with Crippen molar-refractivity contribution in [3.63, 3.8) is 0 Å². The van der Waals surface area contributed by atoms with Gasteiger partial charge in [0.15, 0.2) is 11.3 Å². The van der Waals surface area contributed by atoms with Gasteiger partial charge in [0, 0.05) is 11.6 Å². The molecular weight excluding hydrogens is 274 g/mol. The van der Waals surface area contributed by atoms with Crippen molar-refractivity contribution >= 4 is 11.0 Å². The van der Waals surface area contributed by atoms with Gasteiger partial charge >= 0.3 is 0 Å². The lowest BCUT2D eigenvalue weighted by Gasteiger charge is -2.05. The van der Waals surface area contributed by atoms with Crippen molar-refractivity contribution in [1.82, 2.24) is 14.8 Å². The van der Waals surface area contributed by atoms with Gasteiger partial charge in [0.05, 0.1) is 18.1 Å². The average Bonchev–Trinajstić information content (AvgIpc) is 2.81. The van der Waals surface area contributed by atoms with Crippen molar-refractivity contribution in [2.45, 2.75) is 13.5 Å². The number of nitrogens with zero attached hydrogens (tertiary/aromatic N) is 4. The van der Waals surface area contributed by atoms with Gasteiger partial charge < -0.3 is 0 Å². The van der Waals surface area contributed by atoms with Crippen molar-refractivity contribution in [3.05, 3.63) is 47.3 Å². The van der Waals surface area contributed by atoms with Gasteiger partial charge in [0.2, 0.25) is 0 Å². The fourth-order valence-electron chi connectivity index (χ4n) is 1.86. The number of terminal acetylenes is 1. The van der Waals surface area contributed by atoms with E-state index in [4.69, 9.17) is 11.7 Å². The molecule has 0 aliphatic carbocycles. The largest absolute Gasteiger partial charge is 0.241 e. The fraction of sp³-hybridized carbons (Fsp3) is 0.133. The van der Waals surface area contributed by atoms with E-state index in [1.165, 1.54) is 10.7 Å². The third-order valence-corrected chi connectivity index (χ3v) is 2.84. The molecule has 0 N–H and O–H groups in total. The topological polar surface area (TPSA) is 54.5 Å². The van der Waals surface area contributed by atoms with Crippen LogP contribution in [0.15, 0.2) is 35.8 Å². The Bertz CT molecular complexity index is 832. The molecule has 0 radical (unpaired) electrons. The number of pyridine rings is 1. The number of rotatable bonds is 3. The highest BCUT2D eigenvalue weighted by Crippen LogP contribution is 2.20. The van der Waals surface area contributed by atoms with Crippen molar-refractivity contribution in [1.29, 1.82) is 5.26 Å². The van der Waals surface area contributed by atoms with E-state index in [-0.39, 0.29) is 17.6 Å². The van der Waals surface area contributed by atoms with Crippen molar-refractivity contribution in [3.8, 4) is 18.4 Å². The number of allylic oxidation sites excluding steroid dienone is 4. The van der Waals surface area contributed by atoms with E-state index >= 15 is 0 Å². The quantitative estimate of drug-likeness (QED) is 0.643. The summed E-state index contributed by atoms with van der Waals surface area (Å²) in [5.41, 5.74) is 0.641. The van der Waals surface area contributed by atoms with Crippen LogP contribution >= 0.6 is 0 Å². The second-order valence-electron chi connectivity index (χ2n) is 4.12. The Labute approximate surface area is 120 Å². The Morgan fingerprint density at radius 1 is 1.57 bits per heavy atom. The molecule has 0 fully saturated rings. The van der Waals surface area contributed by atoms with Gasteiger partial charge in [-0.15, -0.1) is 6.42 Å². The average molecular weight is 284 g/mol. The molecule has 0 saturated carbocycles. The number of aromatic nitrogens is 3. The lowest BCUT2D eigenvalue weighted by atomic mass is 10.2. The SMILES string of the molecule is C#C/C=C(F)\C(=C/C)Cn1nc(C#N)c2cc(F)cnc21. The van der Waals surface area contributed by atoms with Crippen LogP contribution in [0.5, 0.6) is 0 Å². The van der Waals surface area contributed by atoms with Gasteiger partial charge in [-0.1, -0.05) is 12.0 Å². The normalized spacial score (nSPS) is 12.2. The van der Waals surface area contributed by atoms with E-state index in [1.54, 1.807) is 13.0 Å². The van der Waals surface area contributed by atoms with Crippen molar-refractivity contribution < 1.29 is 8.78 Å². The molecule has 0 saturated heterocycles. The lowest BCUT2D eigenvalue weighted by molar-refractivity contribution is 0.604. The third-order valence-electron chi connectivity index (χ3n) is 2.84. The summed E-state index contributed by atoms with van der Waals surface area (Å²) in [4.78, 5) is 3.91. The molecule has 2 aromatic rings. The van der Waals surface area contributed by atoms with E-state index in [1.807, 2.05) is 6.07 Å². The Balaban J connectivity index is 2.51. The van der Waals surface area contributed by atoms with Crippen LogP contribution in [0.25, 0.3) is 11.0 Å². The lowest BCUT2D eigenvalue weighted by Crippen LogP contribution is -2.05. The van der Waals surface area contributed by atoms with Crippen molar-refractivity contribution in [2.75, 3.05) is 0 Å². The zero-order valence-electron chi connectivity index (χ0n) is 11.1. The summed E-state index contributed by atoms with van der Waals surface area (Å²) in [6.45, 7) is 1.70. The molecule has 2 heterocycles. The van der Waals surface area contributed by atoms with Crippen LogP contribution in [-0.4, -0.2) is 14.8 Å². The van der Waals surface area contributed by atoms with Crippen LogP contribution in [0.2, 0.25) is 0 Å². The highest BCUT2D eigenvalue weighted by atomic mass is 19.1. The van der Waals surface area contributed by atoms with Crippen LogP contribution in [0.1, 0.15) is 12.6 Å². The number of hydrogen-bond acceptors (Lipinski definition) is 3. The minimum Gasteiger partial charge on any atom is -0.241 e. The first-order valence-corrected chi connectivity index (χ1v) is 6.00. The Morgan fingerprint density at radius 3 is 2.95 bits per heavy atom. The van der Waals surface area contributed by atoms with Crippen LogP contribution in [0.3, 0.4) is 0 Å². The molecule has 0 unspecified atom stereocenters. The first-order chi connectivity index (χ1) is 10.1. The van der Waals surface area contributed by atoms with Gasteiger partial charge in [-0.3, -0.25) is 0 Å². The summed E-state index contributed by atoms with van der Waals surface area (Å²) >= 11 is 0. The first kappa shape index (κ1) is 14.4. The zero-order valence-corrected chi connectivity index (χ0v) is 11.1. The first-order valence-electron chi connectivity index (χ1n) is 6.00. The summed E-state index contributed by atoms with van der Waals surface area (Å²) in [7, 11) is 0. The Kier molecular flexibility index (Phi) is 4.10. The zero-order chi connectivity index (χ0) is 15.4. The predicted octanol–water partition coefficient (Wildman–Crippen LogP) is 2.87. The van der Waals surface area contributed by atoms with Gasteiger partial charge in [-0.2, -0.15) is 10.4 Å². The number of hydrogen-bond donors (Lipinski definition) is 0. The van der Waals surface area contributed by atoms with Crippen LogP contribution in [-0.2, 0) is 6.54 Å². The minimum absolute atomic E-state index is 0.0359. The Hall–Kier alpha value is -2.99. The van der Waals surface area contributed by atoms with Gasteiger partial charge in [-0.05, 0) is 13.0 Å². The van der Waals surface area contributed by atoms with E-state index in [0.29, 0.717) is 11.2 Å². The molecule has 0 spiro atoms. The molecule has 0 aliphatic rings. The smallest absolute Gasteiger partial charge is 0.172 e. The molecule has 2 rings (SSSR count). The van der Waals surface area contributed by atoms with Crippen LogP contribution < -0.4 is 0 Å². The maximum absolute atomic E-state index is 13.8. The number of nitriles is 1. The fourth-order valence-corrected chi connectivity index (χ4v) is 1.86. The van der Waals surface area contributed by atoms with Gasteiger partial charge in [0.25, 0.3) is 0 Å². The summed E-state index contributed by atoms with van der Waals surface area (Å²) in [6.07, 6.45) is 8.60. The highest BCUT2D eigenvalue weighted by molar-refractivity contribution is 5.80. The second-order valence-corrected chi connectivity index (χ2v) is 4.12. The molecule has 21 heavy (non-hydrogen) atoms. The molecule has 6 heteroatoms. The number of halogens is 2. The molecule has 0 bridgehead atoms. The highest BCUT2D eigenvalue weighted by Gasteiger charge is 2.14. The summed E-state index contributed by atoms with van der Waals surface area (Å²) in [6, 6.07) is 3.04. The van der Waals surface area contributed by atoms with E-state index in [0.717, 1.165) is 12.3 Å². The third kappa shape index (κ3) is 2.80. The standard InChI is InChI=1S/C15H10F2N4/c1-3-5-13(17)10(4-2)9-21-15-12(14(7-18)20-21)6-11(16)8-19-15/h1,4-6,8H,9H2,2H3/b10-4-,13-5+. The minimum atomic E-state index is -0.566. The molecule has 104 valence electrons. The molecule has 0 amide bonds.